The Kier molecular flexibility index (Phi) is 7.37. The van der Waals surface area contributed by atoms with E-state index >= 15 is 0 Å². The van der Waals surface area contributed by atoms with Gasteiger partial charge in [-0.1, -0.05) is 49.6 Å². The monoisotopic (exact) mass is 398 g/mol. The summed E-state index contributed by atoms with van der Waals surface area (Å²) in [5.74, 6) is -0.423. The Bertz CT molecular complexity index is 810. The summed E-state index contributed by atoms with van der Waals surface area (Å²) >= 11 is 1.40. The van der Waals surface area contributed by atoms with Crippen molar-refractivity contribution in [3.05, 3.63) is 58.1 Å². The summed E-state index contributed by atoms with van der Waals surface area (Å²) in [6.07, 6.45) is 9.03. The van der Waals surface area contributed by atoms with Gasteiger partial charge in [0.1, 0.15) is 5.01 Å². The minimum absolute atomic E-state index is 0.0105. The molecule has 0 spiro atoms. The lowest BCUT2D eigenvalue weighted by Gasteiger charge is -2.33. The second-order valence-electron chi connectivity index (χ2n) is 6.85. The van der Waals surface area contributed by atoms with Gasteiger partial charge in [0, 0.05) is 17.5 Å². The fourth-order valence-corrected chi connectivity index (χ4v) is 4.20. The van der Waals surface area contributed by atoms with Gasteiger partial charge in [0.25, 0.3) is 0 Å². The molecule has 0 N–H and O–H groups in total. The molecule has 6 heteroatoms. The number of benzene rings is 1. The number of carbonyl (C=O) groups is 2. The maximum atomic E-state index is 13.0. The molecule has 0 aliphatic heterocycles. The zero-order chi connectivity index (χ0) is 19.8. The predicted octanol–water partition coefficient (Wildman–Crippen LogP) is 4.69. The molecule has 1 heterocycles. The molecule has 1 amide bonds. The van der Waals surface area contributed by atoms with Crippen molar-refractivity contribution in [1.82, 2.24) is 9.88 Å². The Morgan fingerprint density at radius 3 is 2.68 bits per heavy atom. The van der Waals surface area contributed by atoms with Crippen molar-refractivity contribution >= 4 is 29.3 Å². The van der Waals surface area contributed by atoms with E-state index in [9.17, 15) is 9.59 Å². The number of nitrogens with zero attached hydrogens (tertiary/aromatic N) is 2. The molecule has 1 aromatic carbocycles. The maximum Gasteiger partial charge on any atom is 0.357 e. The Balaban J connectivity index is 1.74. The molecule has 3 rings (SSSR count). The summed E-state index contributed by atoms with van der Waals surface area (Å²) in [7, 11) is 0. The van der Waals surface area contributed by atoms with Crippen LogP contribution in [0.2, 0.25) is 0 Å². The van der Waals surface area contributed by atoms with Crippen molar-refractivity contribution in [2.45, 2.75) is 51.6 Å². The Labute approximate surface area is 170 Å². The van der Waals surface area contributed by atoms with Crippen LogP contribution in [0, 0.1) is 0 Å². The van der Waals surface area contributed by atoms with Crippen LogP contribution in [-0.2, 0) is 16.1 Å². The standard InChI is InChI=1S/C22H26N2O3S/c1-2-27-22(26)19-16-28-20(23-19)15-24(18-11-7-4-8-12-18)21(25)14-13-17-9-5-3-6-10-17/h3,5-6,9-10,13-14,16,18H,2,4,7-8,11-12,15H2,1H3. The van der Waals surface area contributed by atoms with Crippen LogP contribution >= 0.6 is 11.3 Å². The molecule has 148 valence electrons. The third-order valence-corrected chi connectivity index (χ3v) is 5.69. The summed E-state index contributed by atoms with van der Waals surface area (Å²) in [6, 6.07) is 10.0. The number of thiazole rings is 1. The van der Waals surface area contributed by atoms with E-state index in [0.29, 0.717) is 18.8 Å². The summed E-state index contributed by atoms with van der Waals surface area (Å²) in [5.41, 5.74) is 1.32. The van der Waals surface area contributed by atoms with E-state index < -0.39 is 5.97 Å². The van der Waals surface area contributed by atoms with Crippen molar-refractivity contribution in [2.75, 3.05) is 6.61 Å². The van der Waals surface area contributed by atoms with E-state index in [1.165, 1.54) is 17.8 Å². The first-order valence-electron chi connectivity index (χ1n) is 9.82. The van der Waals surface area contributed by atoms with Crippen LogP contribution in [-0.4, -0.2) is 34.4 Å². The lowest BCUT2D eigenvalue weighted by Crippen LogP contribution is -2.40. The highest BCUT2D eigenvalue weighted by atomic mass is 32.1. The largest absolute Gasteiger partial charge is 0.461 e. The quantitative estimate of drug-likeness (QED) is 0.501. The number of hydrogen-bond donors (Lipinski definition) is 0. The summed E-state index contributed by atoms with van der Waals surface area (Å²) < 4.78 is 5.01. The normalized spacial score (nSPS) is 14.9. The van der Waals surface area contributed by atoms with Crippen molar-refractivity contribution in [3.63, 3.8) is 0 Å². The highest BCUT2D eigenvalue weighted by Gasteiger charge is 2.25. The highest BCUT2D eigenvalue weighted by Crippen LogP contribution is 2.25. The first-order chi connectivity index (χ1) is 13.7. The molecule has 2 aromatic rings. The minimum atomic E-state index is -0.412. The SMILES string of the molecule is CCOC(=O)c1csc(CN(C(=O)C=Cc2ccccc2)C2CCCCC2)n1. The zero-order valence-electron chi connectivity index (χ0n) is 16.2. The van der Waals surface area contributed by atoms with Gasteiger partial charge in [0.15, 0.2) is 5.69 Å². The smallest absolute Gasteiger partial charge is 0.357 e. The average molecular weight is 399 g/mol. The predicted molar refractivity (Wildman–Crippen MR) is 111 cm³/mol. The van der Waals surface area contributed by atoms with Gasteiger partial charge < -0.3 is 9.64 Å². The highest BCUT2D eigenvalue weighted by molar-refractivity contribution is 7.09. The van der Waals surface area contributed by atoms with Gasteiger partial charge in [-0.25, -0.2) is 9.78 Å². The minimum Gasteiger partial charge on any atom is -0.461 e. The van der Waals surface area contributed by atoms with Gasteiger partial charge in [-0.3, -0.25) is 4.79 Å². The van der Waals surface area contributed by atoms with Crippen molar-refractivity contribution < 1.29 is 14.3 Å². The number of esters is 1. The second kappa shape index (κ2) is 10.2. The van der Waals surface area contributed by atoms with Gasteiger partial charge >= 0.3 is 5.97 Å². The Morgan fingerprint density at radius 1 is 1.21 bits per heavy atom. The van der Waals surface area contributed by atoms with E-state index in [2.05, 4.69) is 4.98 Å². The lowest BCUT2D eigenvalue weighted by atomic mass is 9.94. The van der Waals surface area contributed by atoms with Crippen LogP contribution in [0.25, 0.3) is 6.08 Å². The zero-order valence-corrected chi connectivity index (χ0v) is 17.0. The van der Waals surface area contributed by atoms with Gasteiger partial charge in [0.05, 0.1) is 13.2 Å². The van der Waals surface area contributed by atoms with Gasteiger partial charge in [-0.15, -0.1) is 11.3 Å². The third-order valence-electron chi connectivity index (χ3n) is 4.86. The third kappa shape index (κ3) is 5.52. The Morgan fingerprint density at radius 2 is 1.96 bits per heavy atom. The lowest BCUT2D eigenvalue weighted by molar-refractivity contribution is -0.129. The molecule has 28 heavy (non-hydrogen) atoms. The molecule has 0 radical (unpaired) electrons. The maximum absolute atomic E-state index is 13.0. The number of hydrogen-bond acceptors (Lipinski definition) is 5. The van der Waals surface area contributed by atoms with E-state index in [0.717, 1.165) is 36.3 Å². The molecule has 0 saturated heterocycles. The molecule has 0 bridgehead atoms. The van der Waals surface area contributed by atoms with Gasteiger partial charge in [0.2, 0.25) is 5.91 Å². The van der Waals surface area contributed by atoms with Crippen LogP contribution in [0.4, 0.5) is 0 Å². The topological polar surface area (TPSA) is 59.5 Å². The van der Waals surface area contributed by atoms with E-state index in [1.807, 2.05) is 41.3 Å². The average Bonchev–Trinajstić information content (AvgIpc) is 3.21. The van der Waals surface area contributed by atoms with Crippen molar-refractivity contribution in [1.29, 1.82) is 0 Å². The second-order valence-corrected chi connectivity index (χ2v) is 7.79. The number of amides is 1. The summed E-state index contributed by atoms with van der Waals surface area (Å²) in [6.45, 7) is 2.52. The number of ether oxygens (including phenoxy) is 1. The Hall–Kier alpha value is -2.47. The molecule has 1 saturated carbocycles. The summed E-state index contributed by atoms with van der Waals surface area (Å²) in [4.78, 5) is 31.2. The van der Waals surface area contributed by atoms with E-state index in [-0.39, 0.29) is 11.9 Å². The molecule has 1 fully saturated rings. The number of aromatic nitrogens is 1. The molecule has 0 atom stereocenters. The van der Waals surface area contributed by atoms with Crippen LogP contribution in [0.1, 0.15) is 60.1 Å². The van der Waals surface area contributed by atoms with Crippen LogP contribution in [0.15, 0.2) is 41.8 Å². The molecule has 1 aliphatic rings. The van der Waals surface area contributed by atoms with E-state index in [4.69, 9.17) is 4.74 Å². The van der Waals surface area contributed by atoms with Gasteiger partial charge in [-0.2, -0.15) is 0 Å². The van der Waals surface area contributed by atoms with Crippen molar-refractivity contribution in [3.8, 4) is 0 Å². The number of carbonyl (C=O) groups excluding carboxylic acids is 2. The van der Waals surface area contributed by atoms with Gasteiger partial charge in [-0.05, 0) is 31.4 Å². The molecular formula is C22H26N2O3S. The van der Waals surface area contributed by atoms with E-state index in [1.54, 1.807) is 18.4 Å². The number of rotatable bonds is 7. The first kappa shape index (κ1) is 20.3. The molecule has 1 aromatic heterocycles. The van der Waals surface area contributed by atoms with Crippen molar-refractivity contribution in [2.24, 2.45) is 0 Å². The first-order valence-corrected chi connectivity index (χ1v) is 10.7. The molecular weight excluding hydrogens is 372 g/mol. The van der Waals surface area contributed by atoms with Crippen LogP contribution in [0.5, 0.6) is 0 Å². The molecule has 5 nitrogen and oxygen atoms in total. The fourth-order valence-electron chi connectivity index (χ4n) is 3.44. The van der Waals surface area contributed by atoms with Crippen LogP contribution in [0.3, 0.4) is 0 Å². The molecule has 0 unspecified atom stereocenters. The fraction of sp³-hybridized carbons (Fsp3) is 0.409. The molecule has 1 aliphatic carbocycles. The van der Waals surface area contributed by atoms with Crippen LogP contribution < -0.4 is 0 Å². The summed E-state index contributed by atoms with van der Waals surface area (Å²) in [5, 5.41) is 2.46.